The summed E-state index contributed by atoms with van der Waals surface area (Å²) in [5.74, 6) is 0.542. The van der Waals surface area contributed by atoms with E-state index in [1.54, 1.807) is 12.3 Å². The average Bonchev–Trinajstić information content (AvgIpc) is 2.97. The Labute approximate surface area is 112 Å². The molecule has 0 saturated carbocycles. The minimum atomic E-state index is 0.542. The summed E-state index contributed by atoms with van der Waals surface area (Å²) in [5.41, 5.74) is 4.23. The van der Waals surface area contributed by atoms with E-state index in [9.17, 15) is 0 Å². The molecule has 0 aliphatic heterocycles. The maximum atomic E-state index is 5.28. The third kappa shape index (κ3) is 2.33. The van der Waals surface area contributed by atoms with E-state index in [0.29, 0.717) is 5.89 Å². The highest BCUT2D eigenvalue weighted by Gasteiger charge is 2.05. The van der Waals surface area contributed by atoms with Gasteiger partial charge in [-0.15, -0.1) is 0 Å². The molecular weight excluding hydrogens is 234 g/mol. The third-order valence-electron chi connectivity index (χ3n) is 2.96. The van der Waals surface area contributed by atoms with Crippen molar-refractivity contribution in [3.63, 3.8) is 0 Å². The van der Waals surface area contributed by atoms with Crippen molar-refractivity contribution in [3.8, 4) is 22.4 Å². The van der Waals surface area contributed by atoms with E-state index in [1.807, 2.05) is 30.3 Å². The molecule has 0 radical (unpaired) electrons. The molecular formula is C17H13NO. The zero-order valence-corrected chi connectivity index (χ0v) is 10.4. The van der Waals surface area contributed by atoms with Gasteiger partial charge in [-0.2, -0.15) is 0 Å². The monoisotopic (exact) mass is 247 g/mol. The summed E-state index contributed by atoms with van der Waals surface area (Å²) >= 11 is 0. The van der Waals surface area contributed by atoms with Crippen molar-refractivity contribution >= 4 is 6.08 Å². The van der Waals surface area contributed by atoms with Crippen molar-refractivity contribution < 1.29 is 4.42 Å². The molecule has 19 heavy (non-hydrogen) atoms. The molecule has 2 nitrogen and oxygen atoms in total. The molecule has 2 aromatic carbocycles. The van der Waals surface area contributed by atoms with Crippen LogP contribution in [-0.4, -0.2) is 4.98 Å². The first-order chi connectivity index (χ1) is 9.36. The first kappa shape index (κ1) is 11.5. The predicted octanol–water partition coefficient (Wildman–Crippen LogP) is 4.65. The summed E-state index contributed by atoms with van der Waals surface area (Å²) in [6, 6.07) is 18.5. The normalized spacial score (nSPS) is 10.3. The Morgan fingerprint density at radius 2 is 1.63 bits per heavy atom. The molecule has 1 aromatic heterocycles. The number of hydrogen-bond acceptors (Lipinski definition) is 2. The number of oxazole rings is 1. The Bertz CT molecular complexity index is 698. The molecule has 0 aliphatic rings. The molecule has 0 fully saturated rings. The van der Waals surface area contributed by atoms with Gasteiger partial charge in [0.15, 0.2) is 0 Å². The van der Waals surface area contributed by atoms with Crippen LogP contribution in [0.5, 0.6) is 0 Å². The molecule has 0 aliphatic carbocycles. The summed E-state index contributed by atoms with van der Waals surface area (Å²) < 4.78 is 5.28. The fourth-order valence-corrected chi connectivity index (χ4v) is 2.00. The van der Waals surface area contributed by atoms with Gasteiger partial charge < -0.3 is 4.42 Å². The Kier molecular flexibility index (Phi) is 2.99. The molecule has 1 heterocycles. The summed E-state index contributed by atoms with van der Waals surface area (Å²) in [6.45, 7) is 3.65. The van der Waals surface area contributed by atoms with Crippen LogP contribution in [-0.2, 0) is 0 Å². The van der Waals surface area contributed by atoms with Crippen molar-refractivity contribution in [2.75, 3.05) is 0 Å². The van der Waals surface area contributed by atoms with E-state index >= 15 is 0 Å². The molecule has 0 unspecified atom stereocenters. The van der Waals surface area contributed by atoms with Crippen LogP contribution in [0.25, 0.3) is 28.5 Å². The molecule has 3 aromatic rings. The van der Waals surface area contributed by atoms with Crippen LogP contribution in [0.15, 0.2) is 71.9 Å². The van der Waals surface area contributed by atoms with Crippen molar-refractivity contribution in [3.05, 3.63) is 73.3 Å². The van der Waals surface area contributed by atoms with E-state index in [0.717, 1.165) is 11.3 Å². The van der Waals surface area contributed by atoms with Crippen molar-refractivity contribution in [1.82, 2.24) is 4.98 Å². The maximum absolute atomic E-state index is 5.28. The average molecular weight is 247 g/mol. The number of aromatic nitrogens is 1. The molecule has 0 amide bonds. The molecule has 0 saturated heterocycles. The lowest BCUT2D eigenvalue weighted by molar-refractivity contribution is 0.547. The van der Waals surface area contributed by atoms with Crippen molar-refractivity contribution in [1.29, 1.82) is 0 Å². The smallest absolute Gasteiger partial charge is 0.218 e. The van der Waals surface area contributed by atoms with Crippen LogP contribution >= 0.6 is 0 Å². The first-order valence-electron chi connectivity index (χ1n) is 6.10. The second kappa shape index (κ2) is 4.94. The van der Waals surface area contributed by atoms with Gasteiger partial charge in [-0.25, -0.2) is 4.98 Å². The van der Waals surface area contributed by atoms with Gasteiger partial charge in [-0.1, -0.05) is 55.1 Å². The van der Waals surface area contributed by atoms with Crippen molar-refractivity contribution in [2.24, 2.45) is 0 Å². The standard InChI is InChI=1S/C17H13NO/c1-2-17-18-16(12-19-17)15-10-6-9-14(11-15)13-7-4-3-5-8-13/h2-12H,1H2. The molecule has 3 rings (SSSR count). The van der Waals surface area contributed by atoms with E-state index in [4.69, 9.17) is 4.42 Å². The number of hydrogen-bond donors (Lipinski definition) is 0. The van der Waals surface area contributed by atoms with Crippen LogP contribution in [0.1, 0.15) is 5.89 Å². The van der Waals surface area contributed by atoms with E-state index in [2.05, 4.69) is 35.8 Å². The van der Waals surface area contributed by atoms with Crippen molar-refractivity contribution in [2.45, 2.75) is 0 Å². The second-order valence-electron chi connectivity index (χ2n) is 4.22. The quantitative estimate of drug-likeness (QED) is 0.673. The molecule has 0 atom stereocenters. The highest BCUT2D eigenvalue weighted by atomic mass is 16.3. The van der Waals surface area contributed by atoms with Crippen LogP contribution in [0.2, 0.25) is 0 Å². The fourth-order valence-electron chi connectivity index (χ4n) is 2.00. The fraction of sp³-hybridized carbons (Fsp3) is 0. The molecule has 0 spiro atoms. The molecule has 2 heteroatoms. The van der Waals surface area contributed by atoms with Gasteiger partial charge in [0.25, 0.3) is 0 Å². The van der Waals surface area contributed by atoms with Gasteiger partial charge in [0.05, 0.1) is 0 Å². The Morgan fingerprint density at radius 3 is 2.37 bits per heavy atom. The highest BCUT2D eigenvalue weighted by Crippen LogP contribution is 2.25. The van der Waals surface area contributed by atoms with E-state index in [1.165, 1.54) is 11.1 Å². The van der Waals surface area contributed by atoms with Gasteiger partial charge in [0.2, 0.25) is 5.89 Å². The minimum absolute atomic E-state index is 0.542. The predicted molar refractivity (Wildman–Crippen MR) is 77.5 cm³/mol. The summed E-state index contributed by atoms with van der Waals surface area (Å²) in [7, 11) is 0. The largest absolute Gasteiger partial charge is 0.444 e. The van der Waals surface area contributed by atoms with Gasteiger partial charge in [0, 0.05) is 5.56 Å². The zero-order chi connectivity index (χ0) is 13.1. The summed E-state index contributed by atoms with van der Waals surface area (Å²) in [5, 5.41) is 0. The molecule has 0 N–H and O–H groups in total. The van der Waals surface area contributed by atoms with E-state index in [-0.39, 0.29) is 0 Å². The number of rotatable bonds is 3. The topological polar surface area (TPSA) is 26.0 Å². The van der Waals surface area contributed by atoms with Crippen LogP contribution in [0.4, 0.5) is 0 Å². The number of benzene rings is 2. The van der Waals surface area contributed by atoms with Gasteiger partial charge in [-0.3, -0.25) is 0 Å². The zero-order valence-electron chi connectivity index (χ0n) is 10.4. The molecule has 0 bridgehead atoms. The SMILES string of the molecule is C=Cc1nc(-c2cccc(-c3ccccc3)c2)co1. The molecule has 92 valence electrons. The van der Waals surface area contributed by atoms with Gasteiger partial charge in [0.1, 0.15) is 12.0 Å². The lowest BCUT2D eigenvalue weighted by atomic mass is 10.0. The van der Waals surface area contributed by atoms with Gasteiger partial charge in [-0.05, 0) is 23.3 Å². The first-order valence-corrected chi connectivity index (χ1v) is 6.10. The Morgan fingerprint density at radius 1 is 0.895 bits per heavy atom. The van der Waals surface area contributed by atoms with Crippen LogP contribution < -0.4 is 0 Å². The van der Waals surface area contributed by atoms with Crippen LogP contribution in [0.3, 0.4) is 0 Å². The Balaban J connectivity index is 2.02. The third-order valence-corrected chi connectivity index (χ3v) is 2.96. The lowest BCUT2D eigenvalue weighted by Crippen LogP contribution is -1.81. The maximum Gasteiger partial charge on any atom is 0.218 e. The number of nitrogens with zero attached hydrogens (tertiary/aromatic N) is 1. The highest BCUT2D eigenvalue weighted by molar-refractivity contribution is 5.71. The lowest BCUT2D eigenvalue weighted by Gasteiger charge is -2.03. The Hall–Kier alpha value is -2.61. The summed E-state index contributed by atoms with van der Waals surface area (Å²) in [6.07, 6.45) is 3.26. The van der Waals surface area contributed by atoms with Crippen LogP contribution in [0, 0.1) is 0 Å². The second-order valence-corrected chi connectivity index (χ2v) is 4.22. The van der Waals surface area contributed by atoms with Gasteiger partial charge >= 0.3 is 0 Å². The minimum Gasteiger partial charge on any atom is -0.444 e. The summed E-state index contributed by atoms with van der Waals surface area (Å²) in [4.78, 5) is 4.35. The van der Waals surface area contributed by atoms with E-state index < -0.39 is 0 Å².